The highest BCUT2D eigenvalue weighted by Crippen LogP contribution is 2.28. The molecule has 1 aliphatic heterocycles. The number of ether oxygens (including phenoxy) is 2. The van der Waals surface area contributed by atoms with Crippen LogP contribution in [0, 0.1) is 0 Å². The van der Waals surface area contributed by atoms with Crippen molar-refractivity contribution >= 4 is 28.9 Å². The van der Waals surface area contributed by atoms with Gasteiger partial charge in [-0.2, -0.15) is 0 Å². The smallest absolute Gasteiger partial charge is 0.227 e. The summed E-state index contributed by atoms with van der Waals surface area (Å²) in [5.74, 6) is 2.19. The lowest BCUT2D eigenvalue weighted by Crippen LogP contribution is -2.46. The Morgan fingerprint density at radius 1 is 0.857 bits per heavy atom. The van der Waals surface area contributed by atoms with E-state index in [-0.39, 0.29) is 5.91 Å². The summed E-state index contributed by atoms with van der Waals surface area (Å²) in [6, 6.07) is 24.0. The number of benzene rings is 3. The molecule has 9 nitrogen and oxygen atoms in total. The van der Waals surface area contributed by atoms with Crippen LogP contribution in [0.15, 0.2) is 79.0 Å². The number of rotatable bonds is 11. The number of carbonyl (C=O) groups is 1. The van der Waals surface area contributed by atoms with Gasteiger partial charge in [0, 0.05) is 80.1 Å². The second kappa shape index (κ2) is 13.8. The summed E-state index contributed by atoms with van der Waals surface area (Å²) in [6.07, 6.45) is 1.74. The van der Waals surface area contributed by atoms with Crippen molar-refractivity contribution in [1.82, 2.24) is 14.9 Å². The molecule has 0 aliphatic carbocycles. The van der Waals surface area contributed by atoms with Crippen molar-refractivity contribution in [3.8, 4) is 22.8 Å². The summed E-state index contributed by atoms with van der Waals surface area (Å²) in [5, 5.41) is 6.10. The van der Waals surface area contributed by atoms with Gasteiger partial charge in [-0.3, -0.25) is 9.69 Å². The maximum absolute atomic E-state index is 11.3. The Kier molecular flexibility index (Phi) is 9.51. The van der Waals surface area contributed by atoms with Gasteiger partial charge in [0.25, 0.3) is 0 Å². The molecular formula is C33H38N6O3. The van der Waals surface area contributed by atoms with Gasteiger partial charge in [-0.05, 0) is 62.4 Å². The molecule has 2 N–H and O–H groups in total. The Balaban J connectivity index is 1.16. The van der Waals surface area contributed by atoms with Crippen LogP contribution in [0.1, 0.15) is 26.3 Å². The fourth-order valence-electron chi connectivity index (χ4n) is 5.01. The first-order valence-corrected chi connectivity index (χ1v) is 14.4. The number of amides is 1. The number of piperazine rings is 1. The normalized spacial score (nSPS) is 13.5. The molecule has 1 saturated heterocycles. The number of hydrogen-bond donors (Lipinski definition) is 2. The lowest BCUT2D eigenvalue weighted by Gasteiger charge is -2.36. The van der Waals surface area contributed by atoms with E-state index in [1.165, 1.54) is 18.2 Å². The van der Waals surface area contributed by atoms with Crippen molar-refractivity contribution in [2.24, 2.45) is 0 Å². The molecule has 218 valence electrons. The first-order valence-electron chi connectivity index (χ1n) is 14.4. The van der Waals surface area contributed by atoms with E-state index in [0.29, 0.717) is 19.2 Å². The van der Waals surface area contributed by atoms with Gasteiger partial charge in [0.15, 0.2) is 0 Å². The lowest BCUT2D eigenvalue weighted by molar-refractivity contribution is -0.114. The fraction of sp³-hybridized carbons (Fsp3) is 0.303. The molecule has 1 amide bonds. The topological polar surface area (TPSA) is 91.9 Å². The highest BCUT2D eigenvalue weighted by Gasteiger charge is 2.19. The average Bonchev–Trinajstić information content (AvgIpc) is 3.00. The Morgan fingerprint density at radius 3 is 2.26 bits per heavy atom. The van der Waals surface area contributed by atoms with Gasteiger partial charge >= 0.3 is 0 Å². The van der Waals surface area contributed by atoms with Crippen molar-refractivity contribution in [3.05, 3.63) is 84.6 Å². The minimum atomic E-state index is -0.0963. The molecule has 1 fully saturated rings. The largest absolute Gasteiger partial charge is 0.494 e. The predicted octanol–water partition coefficient (Wildman–Crippen LogP) is 5.97. The van der Waals surface area contributed by atoms with Crippen molar-refractivity contribution in [1.29, 1.82) is 0 Å². The first kappa shape index (κ1) is 28.9. The summed E-state index contributed by atoms with van der Waals surface area (Å²) >= 11 is 0. The standard InChI is InChI=1S/C33H38N6O3/c1-4-41-30-15-8-26(32(22-30)42-5-2)23-38-18-20-39(21-19-38)29-13-11-28(12-14-29)36-33-34-17-16-31(37-33)25-6-9-27(10-7-25)35-24(3)40/h6-17,22H,4-5,18-21,23H2,1-3H3,(H,35,40)(H,34,36,37). The van der Waals surface area contributed by atoms with Gasteiger partial charge < -0.3 is 25.0 Å². The zero-order valence-corrected chi connectivity index (χ0v) is 24.5. The number of hydrogen-bond acceptors (Lipinski definition) is 8. The maximum atomic E-state index is 11.3. The third kappa shape index (κ3) is 7.55. The van der Waals surface area contributed by atoms with Crippen LogP contribution in [-0.4, -0.2) is 60.2 Å². The molecule has 42 heavy (non-hydrogen) atoms. The number of anilines is 4. The van der Waals surface area contributed by atoms with Crippen LogP contribution < -0.4 is 25.0 Å². The molecule has 0 bridgehead atoms. The summed E-state index contributed by atoms with van der Waals surface area (Å²) in [4.78, 5) is 25.2. The molecule has 1 aliphatic rings. The Morgan fingerprint density at radius 2 is 1.57 bits per heavy atom. The highest BCUT2D eigenvalue weighted by atomic mass is 16.5. The lowest BCUT2D eigenvalue weighted by atomic mass is 10.1. The molecule has 3 aromatic carbocycles. The highest BCUT2D eigenvalue weighted by molar-refractivity contribution is 5.88. The van der Waals surface area contributed by atoms with E-state index in [1.807, 2.05) is 56.3 Å². The minimum Gasteiger partial charge on any atom is -0.494 e. The molecule has 0 atom stereocenters. The van der Waals surface area contributed by atoms with E-state index in [9.17, 15) is 4.79 Å². The van der Waals surface area contributed by atoms with Crippen molar-refractivity contribution in [2.75, 3.05) is 54.9 Å². The SMILES string of the molecule is CCOc1ccc(CN2CCN(c3ccc(Nc4nccc(-c5ccc(NC(C)=O)cc5)n4)cc3)CC2)c(OCC)c1. The van der Waals surface area contributed by atoms with Crippen LogP contribution in [0.2, 0.25) is 0 Å². The van der Waals surface area contributed by atoms with Crippen molar-refractivity contribution in [2.45, 2.75) is 27.3 Å². The molecule has 0 radical (unpaired) electrons. The van der Waals surface area contributed by atoms with Crippen LogP contribution in [0.5, 0.6) is 11.5 Å². The average molecular weight is 567 g/mol. The zero-order chi connectivity index (χ0) is 29.3. The van der Waals surface area contributed by atoms with E-state index in [4.69, 9.17) is 9.47 Å². The number of carbonyl (C=O) groups excluding carboxylic acids is 1. The van der Waals surface area contributed by atoms with Crippen LogP contribution >= 0.6 is 0 Å². The van der Waals surface area contributed by atoms with E-state index >= 15 is 0 Å². The van der Waals surface area contributed by atoms with Crippen molar-refractivity contribution < 1.29 is 14.3 Å². The van der Waals surface area contributed by atoms with E-state index in [0.717, 1.165) is 66.9 Å². The van der Waals surface area contributed by atoms with E-state index in [2.05, 4.69) is 60.7 Å². The monoisotopic (exact) mass is 566 g/mol. The van der Waals surface area contributed by atoms with E-state index in [1.54, 1.807) is 6.20 Å². The van der Waals surface area contributed by atoms with Crippen LogP contribution in [0.25, 0.3) is 11.3 Å². The summed E-state index contributed by atoms with van der Waals surface area (Å²) in [7, 11) is 0. The van der Waals surface area contributed by atoms with Gasteiger partial charge in [0.2, 0.25) is 11.9 Å². The van der Waals surface area contributed by atoms with Gasteiger partial charge in [-0.25, -0.2) is 9.97 Å². The second-order valence-corrected chi connectivity index (χ2v) is 10.1. The van der Waals surface area contributed by atoms with Gasteiger partial charge in [-0.1, -0.05) is 18.2 Å². The van der Waals surface area contributed by atoms with Crippen LogP contribution in [-0.2, 0) is 11.3 Å². The Bertz CT molecular complexity index is 1470. The molecule has 9 heteroatoms. The number of nitrogens with one attached hydrogen (secondary N) is 2. The summed E-state index contributed by atoms with van der Waals surface area (Å²) in [6.45, 7) is 11.5. The molecule has 2 heterocycles. The van der Waals surface area contributed by atoms with Gasteiger partial charge in [0.1, 0.15) is 11.5 Å². The van der Waals surface area contributed by atoms with Gasteiger partial charge in [0.05, 0.1) is 18.9 Å². The predicted molar refractivity (Wildman–Crippen MR) is 168 cm³/mol. The molecule has 4 aromatic rings. The Labute approximate surface area is 247 Å². The molecule has 5 rings (SSSR count). The van der Waals surface area contributed by atoms with E-state index < -0.39 is 0 Å². The first-order chi connectivity index (χ1) is 20.5. The molecule has 1 aromatic heterocycles. The maximum Gasteiger partial charge on any atom is 0.227 e. The minimum absolute atomic E-state index is 0.0963. The third-order valence-corrected chi connectivity index (χ3v) is 7.06. The van der Waals surface area contributed by atoms with Crippen LogP contribution in [0.4, 0.5) is 23.0 Å². The van der Waals surface area contributed by atoms with Gasteiger partial charge in [-0.15, -0.1) is 0 Å². The molecule has 0 saturated carbocycles. The van der Waals surface area contributed by atoms with Crippen molar-refractivity contribution in [3.63, 3.8) is 0 Å². The fourth-order valence-corrected chi connectivity index (χ4v) is 5.01. The third-order valence-electron chi connectivity index (χ3n) is 7.06. The zero-order valence-electron chi connectivity index (χ0n) is 24.5. The Hall–Kier alpha value is -4.63. The molecular weight excluding hydrogens is 528 g/mol. The quantitative estimate of drug-likeness (QED) is 0.230. The number of nitrogens with zero attached hydrogens (tertiary/aromatic N) is 4. The summed E-state index contributed by atoms with van der Waals surface area (Å²) in [5.41, 5.74) is 5.82. The molecule has 0 spiro atoms. The van der Waals surface area contributed by atoms with Crippen LogP contribution in [0.3, 0.4) is 0 Å². The molecule has 0 unspecified atom stereocenters. The summed E-state index contributed by atoms with van der Waals surface area (Å²) < 4.78 is 11.6. The number of aromatic nitrogens is 2. The second-order valence-electron chi connectivity index (χ2n) is 10.1.